The van der Waals surface area contributed by atoms with Crippen LogP contribution in [0.1, 0.15) is 24.0 Å². The topological polar surface area (TPSA) is 66.5 Å². The van der Waals surface area contributed by atoms with Crippen molar-refractivity contribution in [3.05, 3.63) is 53.7 Å². The first-order valence-corrected chi connectivity index (χ1v) is 8.04. The van der Waals surface area contributed by atoms with E-state index in [4.69, 9.17) is 5.73 Å². The summed E-state index contributed by atoms with van der Waals surface area (Å²) in [4.78, 5) is 11.2. The Hall–Kier alpha value is -1.83. The van der Waals surface area contributed by atoms with Crippen molar-refractivity contribution >= 4 is 41.4 Å². The molecule has 1 saturated heterocycles. The Kier molecular flexibility index (Phi) is 6.84. The molecule has 2 aromatic rings. The van der Waals surface area contributed by atoms with E-state index in [1.165, 1.54) is 18.4 Å². The predicted molar refractivity (Wildman–Crippen MR) is 111 cm³/mol. The highest BCUT2D eigenvalue weighted by Gasteiger charge is 2.12. The number of aromatic nitrogens is 1. The highest BCUT2D eigenvalue weighted by atomic mass is 127. The van der Waals surface area contributed by atoms with Gasteiger partial charge in [0, 0.05) is 25.0 Å². The number of aryl methyl sites for hydroxylation is 1. The molecule has 1 aromatic heterocycles. The number of halogens is 1. The molecule has 0 atom stereocenters. The molecule has 0 amide bonds. The molecule has 0 aliphatic carbocycles. The molecule has 1 aromatic carbocycles. The molecule has 0 bridgehead atoms. The monoisotopic (exact) mass is 437 g/mol. The number of pyridine rings is 1. The van der Waals surface area contributed by atoms with Gasteiger partial charge >= 0.3 is 0 Å². The molecular formula is C18H24IN5. The van der Waals surface area contributed by atoms with E-state index in [1.54, 1.807) is 0 Å². The zero-order valence-corrected chi connectivity index (χ0v) is 16.2. The van der Waals surface area contributed by atoms with Gasteiger partial charge in [-0.25, -0.2) is 9.98 Å². The molecule has 0 saturated carbocycles. The van der Waals surface area contributed by atoms with Crippen LogP contribution >= 0.6 is 24.0 Å². The van der Waals surface area contributed by atoms with Crippen LogP contribution in [-0.4, -0.2) is 24.0 Å². The molecule has 0 radical (unpaired) electrons. The number of nitrogens with two attached hydrogens (primary N) is 1. The van der Waals surface area contributed by atoms with E-state index < -0.39 is 0 Å². The maximum absolute atomic E-state index is 5.94. The number of nitrogens with zero attached hydrogens (tertiary/aromatic N) is 3. The van der Waals surface area contributed by atoms with Crippen LogP contribution in [0.25, 0.3) is 0 Å². The van der Waals surface area contributed by atoms with Crippen molar-refractivity contribution in [2.45, 2.75) is 26.3 Å². The minimum absolute atomic E-state index is 0. The van der Waals surface area contributed by atoms with Crippen LogP contribution in [0.4, 0.5) is 11.5 Å². The molecule has 3 N–H and O–H groups in total. The summed E-state index contributed by atoms with van der Waals surface area (Å²) in [5, 5.41) is 3.11. The van der Waals surface area contributed by atoms with Crippen molar-refractivity contribution in [2.75, 3.05) is 23.3 Å². The summed E-state index contributed by atoms with van der Waals surface area (Å²) >= 11 is 0. The highest BCUT2D eigenvalue weighted by Crippen LogP contribution is 2.17. The maximum atomic E-state index is 5.94. The summed E-state index contributed by atoms with van der Waals surface area (Å²) in [6.07, 6.45) is 4.40. The SMILES string of the molecule is Cc1cccc(NC(N)=NCc2ccc(N3CCCC3)nc2)c1.I. The average Bonchev–Trinajstić information content (AvgIpc) is 3.08. The number of aliphatic imine (C=N–C) groups is 1. The fraction of sp³-hybridized carbons (Fsp3) is 0.333. The Balaban J connectivity index is 0.00000208. The first kappa shape index (κ1) is 18.5. The second-order valence-electron chi connectivity index (χ2n) is 5.91. The third-order valence-corrected chi connectivity index (χ3v) is 3.96. The first-order valence-electron chi connectivity index (χ1n) is 8.04. The molecule has 0 spiro atoms. The summed E-state index contributed by atoms with van der Waals surface area (Å²) < 4.78 is 0. The molecule has 1 aliphatic rings. The van der Waals surface area contributed by atoms with Crippen molar-refractivity contribution in [3.8, 4) is 0 Å². The Labute approximate surface area is 160 Å². The van der Waals surface area contributed by atoms with E-state index in [2.05, 4.69) is 32.3 Å². The average molecular weight is 437 g/mol. The number of nitrogens with one attached hydrogen (secondary N) is 1. The fourth-order valence-electron chi connectivity index (χ4n) is 2.73. The molecule has 6 heteroatoms. The van der Waals surface area contributed by atoms with Gasteiger partial charge < -0.3 is 16.0 Å². The largest absolute Gasteiger partial charge is 0.370 e. The first-order chi connectivity index (χ1) is 11.2. The van der Waals surface area contributed by atoms with Crippen LogP contribution in [0.2, 0.25) is 0 Å². The minimum atomic E-state index is 0. The van der Waals surface area contributed by atoms with E-state index in [-0.39, 0.29) is 24.0 Å². The van der Waals surface area contributed by atoms with E-state index in [0.29, 0.717) is 12.5 Å². The summed E-state index contributed by atoms with van der Waals surface area (Å²) in [6, 6.07) is 12.2. The number of rotatable bonds is 4. The molecule has 0 unspecified atom stereocenters. The fourth-order valence-corrected chi connectivity index (χ4v) is 2.73. The van der Waals surface area contributed by atoms with Crippen LogP contribution in [0, 0.1) is 6.92 Å². The summed E-state index contributed by atoms with van der Waals surface area (Å²) in [5.41, 5.74) is 9.14. The van der Waals surface area contributed by atoms with Gasteiger partial charge in [-0.05, 0) is 49.1 Å². The third-order valence-electron chi connectivity index (χ3n) is 3.96. The van der Waals surface area contributed by atoms with Crippen LogP contribution < -0.4 is 16.0 Å². The second kappa shape index (κ2) is 8.86. The minimum Gasteiger partial charge on any atom is -0.370 e. The summed E-state index contributed by atoms with van der Waals surface area (Å²) in [5.74, 6) is 1.47. The van der Waals surface area contributed by atoms with Gasteiger partial charge in [0.25, 0.3) is 0 Å². The lowest BCUT2D eigenvalue weighted by molar-refractivity contribution is 0.929. The quantitative estimate of drug-likeness (QED) is 0.437. The van der Waals surface area contributed by atoms with E-state index in [0.717, 1.165) is 30.2 Å². The van der Waals surface area contributed by atoms with Crippen molar-refractivity contribution in [2.24, 2.45) is 10.7 Å². The van der Waals surface area contributed by atoms with Gasteiger partial charge in [-0.15, -0.1) is 24.0 Å². The zero-order chi connectivity index (χ0) is 16.1. The van der Waals surface area contributed by atoms with Gasteiger partial charge in [-0.3, -0.25) is 0 Å². The molecular weight excluding hydrogens is 413 g/mol. The van der Waals surface area contributed by atoms with Gasteiger partial charge in [-0.1, -0.05) is 18.2 Å². The Morgan fingerprint density at radius 1 is 1.25 bits per heavy atom. The molecule has 2 heterocycles. The van der Waals surface area contributed by atoms with Crippen molar-refractivity contribution < 1.29 is 0 Å². The van der Waals surface area contributed by atoms with Crippen LogP contribution in [0.15, 0.2) is 47.6 Å². The van der Waals surface area contributed by atoms with E-state index >= 15 is 0 Å². The lowest BCUT2D eigenvalue weighted by atomic mass is 10.2. The van der Waals surface area contributed by atoms with Gasteiger partial charge in [-0.2, -0.15) is 0 Å². The molecule has 5 nitrogen and oxygen atoms in total. The number of guanidine groups is 1. The Bertz CT molecular complexity index is 678. The number of hydrogen-bond donors (Lipinski definition) is 2. The number of anilines is 2. The number of hydrogen-bond acceptors (Lipinski definition) is 3. The summed E-state index contributed by atoms with van der Waals surface area (Å²) in [7, 11) is 0. The normalized spacial score (nSPS) is 14.4. The number of benzene rings is 1. The van der Waals surface area contributed by atoms with Crippen LogP contribution in [-0.2, 0) is 6.54 Å². The van der Waals surface area contributed by atoms with Crippen molar-refractivity contribution in [3.63, 3.8) is 0 Å². The van der Waals surface area contributed by atoms with Gasteiger partial charge in [0.05, 0.1) is 6.54 Å². The van der Waals surface area contributed by atoms with Gasteiger partial charge in [0.15, 0.2) is 5.96 Å². The van der Waals surface area contributed by atoms with E-state index in [9.17, 15) is 0 Å². The molecule has 3 rings (SSSR count). The Morgan fingerprint density at radius 3 is 2.71 bits per heavy atom. The standard InChI is InChI=1S/C18H23N5.HI/c1-14-5-4-6-16(11-14)22-18(19)21-13-15-7-8-17(20-12-15)23-9-2-3-10-23;/h4-8,11-12H,2-3,9-10,13H2,1H3,(H3,19,21,22);1H. The van der Waals surface area contributed by atoms with Crippen molar-refractivity contribution in [1.82, 2.24) is 4.98 Å². The van der Waals surface area contributed by atoms with Crippen LogP contribution in [0.5, 0.6) is 0 Å². The second-order valence-corrected chi connectivity index (χ2v) is 5.91. The Morgan fingerprint density at radius 2 is 2.04 bits per heavy atom. The lowest BCUT2D eigenvalue weighted by Crippen LogP contribution is -2.22. The highest BCUT2D eigenvalue weighted by molar-refractivity contribution is 14.0. The third kappa shape index (κ3) is 5.09. The zero-order valence-electron chi connectivity index (χ0n) is 13.9. The molecule has 1 aliphatic heterocycles. The van der Waals surface area contributed by atoms with Gasteiger partial charge in [0.2, 0.25) is 0 Å². The molecule has 24 heavy (non-hydrogen) atoms. The van der Waals surface area contributed by atoms with Crippen molar-refractivity contribution in [1.29, 1.82) is 0 Å². The maximum Gasteiger partial charge on any atom is 0.193 e. The van der Waals surface area contributed by atoms with Gasteiger partial charge in [0.1, 0.15) is 5.82 Å². The molecule has 1 fully saturated rings. The smallest absolute Gasteiger partial charge is 0.193 e. The van der Waals surface area contributed by atoms with Crippen LogP contribution in [0.3, 0.4) is 0 Å². The molecule has 128 valence electrons. The lowest BCUT2D eigenvalue weighted by Gasteiger charge is -2.16. The van der Waals surface area contributed by atoms with E-state index in [1.807, 2.05) is 37.4 Å². The predicted octanol–water partition coefficient (Wildman–Crippen LogP) is 3.54. The summed E-state index contributed by atoms with van der Waals surface area (Å²) in [6.45, 7) is 4.79.